The maximum absolute atomic E-state index is 11.1. The van der Waals surface area contributed by atoms with Crippen LogP contribution in [0.15, 0.2) is 30.3 Å². The van der Waals surface area contributed by atoms with Crippen LogP contribution in [0, 0.1) is 0 Å². The van der Waals surface area contributed by atoms with Gasteiger partial charge in [0, 0.05) is 11.1 Å². The van der Waals surface area contributed by atoms with Gasteiger partial charge in [-0.15, -0.1) is 0 Å². The summed E-state index contributed by atoms with van der Waals surface area (Å²) in [5.74, 6) is 1.08. The molecule has 0 fully saturated rings. The molecule has 110 valence electrons. The molecule has 0 N–H and O–H groups in total. The van der Waals surface area contributed by atoms with E-state index in [0.29, 0.717) is 33.7 Å². The Hall–Kier alpha value is -1.71. The Labute approximate surface area is 133 Å². The minimum absolute atomic E-state index is 0.436. The van der Waals surface area contributed by atoms with Crippen LogP contribution in [0.2, 0.25) is 10.0 Å². The van der Waals surface area contributed by atoms with Crippen LogP contribution >= 0.6 is 23.2 Å². The van der Waals surface area contributed by atoms with Crippen molar-refractivity contribution in [3.05, 3.63) is 45.9 Å². The van der Waals surface area contributed by atoms with Gasteiger partial charge in [-0.2, -0.15) is 0 Å². The van der Waals surface area contributed by atoms with E-state index in [1.807, 2.05) is 13.0 Å². The molecule has 0 aliphatic heterocycles. The van der Waals surface area contributed by atoms with E-state index in [-0.39, 0.29) is 0 Å². The molecule has 0 radical (unpaired) electrons. The summed E-state index contributed by atoms with van der Waals surface area (Å²) in [5.41, 5.74) is 2.02. The van der Waals surface area contributed by atoms with Crippen LogP contribution in [0.25, 0.3) is 11.1 Å². The van der Waals surface area contributed by atoms with E-state index in [0.717, 1.165) is 17.4 Å². The average molecular weight is 325 g/mol. The molecule has 2 aromatic rings. The molecule has 0 aliphatic carbocycles. The van der Waals surface area contributed by atoms with Gasteiger partial charge in [0.15, 0.2) is 11.5 Å². The van der Waals surface area contributed by atoms with Crippen LogP contribution < -0.4 is 9.47 Å². The van der Waals surface area contributed by atoms with Gasteiger partial charge in [0.1, 0.15) is 6.29 Å². The van der Waals surface area contributed by atoms with Gasteiger partial charge in [-0.1, -0.05) is 29.3 Å². The summed E-state index contributed by atoms with van der Waals surface area (Å²) in [6.07, 6.45) is 0.767. The molecule has 0 bridgehead atoms. The van der Waals surface area contributed by atoms with Gasteiger partial charge in [-0.25, -0.2) is 0 Å². The number of benzene rings is 2. The Bertz CT molecular complexity index is 669. The zero-order chi connectivity index (χ0) is 15.4. The van der Waals surface area contributed by atoms with E-state index < -0.39 is 0 Å². The zero-order valence-corrected chi connectivity index (χ0v) is 13.2. The molecule has 0 saturated carbocycles. The van der Waals surface area contributed by atoms with E-state index in [1.54, 1.807) is 31.4 Å². The first kappa shape index (κ1) is 15.7. The number of carbonyl (C=O) groups excluding carboxylic acids is 1. The fraction of sp³-hybridized carbons (Fsp3) is 0.188. The van der Waals surface area contributed by atoms with Gasteiger partial charge in [0.25, 0.3) is 0 Å². The summed E-state index contributed by atoms with van der Waals surface area (Å²) in [5, 5.41) is 0.904. The van der Waals surface area contributed by atoms with Crippen LogP contribution in [0.5, 0.6) is 11.5 Å². The van der Waals surface area contributed by atoms with Crippen molar-refractivity contribution in [2.45, 2.75) is 6.92 Å². The highest BCUT2D eigenvalue weighted by atomic mass is 35.5. The summed E-state index contributed by atoms with van der Waals surface area (Å²) in [4.78, 5) is 11.1. The van der Waals surface area contributed by atoms with E-state index in [1.165, 1.54) is 0 Å². The highest BCUT2D eigenvalue weighted by molar-refractivity contribution is 6.42. The van der Waals surface area contributed by atoms with E-state index in [9.17, 15) is 4.79 Å². The normalized spacial score (nSPS) is 10.3. The molecule has 0 aromatic heterocycles. The maximum Gasteiger partial charge on any atom is 0.168 e. The Kier molecular flexibility index (Phi) is 5.10. The Morgan fingerprint density at radius 2 is 1.90 bits per heavy atom. The summed E-state index contributed by atoms with van der Waals surface area (Å²) in [6, 6.07) is 8.62. The second-order valence-electron chi connectivity index (χ2n) is 4.28. The van der Waals surface area contributed by atoms with E-state index >= 15 is 0 Å². The highest BCUT2D eigenvalue weighted by Crippen LogP contribution is 2.40. The van der Waals surface area contributed by atoms with Crippen LogP contribution in [-0.4, -0.2) is 20.0 Å². The lowest BCUT2D eigenvalue weighted by Gasteiger charge is -2.15. The van der Waals surface area contributed by atoms with Crippen molar-refractivity contribution in [2.75, 3.05) is 13.7 Å². The number of hydrogen-bond acceptors (Lipinski definition) is 3. The molecule has 3 nitrogen and oxygen atoms in total. The monoisotopic (exact) mass is 324 g/mol. The Morgan fingerprint density at radius 3 is 2.48 bits per heavy atom. The predicted molar refractivity (Wildman–Crippen MR) is 85.0 cm³/mol. The molecule has 0 atom stereocenters. The summed E-state index contributed by atoms with van der Waals surface area (Å²) >= 11 is 12.0. The lowest BCUT2D eigenvalue weighted by Crippen LogP contribution is -1.99. The van der Waals surface area contributed by atoms with Crippen LogP contribution in [-0.2, 0) is 0 Å². The molecule has 21 heavy (non-hydrogen) atoms. The fourth-order valence-electron chi connectivity index (χ4n) is 2.04. The second kappa shape index (κ2) is 6.83. The summed E-state index contributed by atoms with van der Waals surface area (Å²) < 4.78 is 11.0. The minimum atomic E-state index is 0.436. The number of ether oxygens (including phenoxy) is 2. The standard InChI is InChI=1S/C16H14Cl2O3/c1-3-21-15-7-10(9-19)6-12(16(15)20-2)11-4-5-13(17)14(18)8-11/h4-9H,3H2,1-2H3. The van der Waals surface area contributed by atoms with E-state index in [2.05, 4.69) is 0 Å². The number of carbonyl (C=O) groups is 1. The zero-order valence-electron chi connectivity index (χ0n) is 11.7. The van der Waals surface area contributed by atoms with Gasteiger partial charge in [0.05, 0.1) is 23.8 Å². The molecular formula is C16H14Cl2O3. The average Bonchev–Trinajstić information content (AvgIpc) is 2.49. The lowest BCUT2D eigenvalue weighted by atomic mass is 10.0. The van der Waals surface area contributed by atoms with Gasteiger partial charge in [0.2, 0.25) is 0 Å². The predicted octanol–water partition coefficient (Wildman–Crippen LogP) is 4.88. The number of hydrogen-bond donors (Lipinski definition) is 0. The second-order valence-corrected chi connectivity index (χ2v) is 5.09. The van der Waals surface area contributed by atoms with E-state index in [4.69, 9.17) is 32.7 Å². The van der Waals surface area contributed by atoms with Crippen molar-refractivity contribution in [1.82, 2.24) is 0 Å². The summed E-state index contributed by atoms with van der Waals surface area (Å²) in [6.45, 7) is 2.34. The molecule has 0 amide bonds. The van der Waals surface area contributed by atoms with Crippen molar-refractivity contribution in [3.63, 3.8) is 0 Å². The molecule has 5 heteroatoms. The van der Waals surface area contributed by atoms with Gasteiger partial charge in [-0.05, 0) is 36.8 Å². The first-order valence-electron chi connectivity index (χ1n) is 6.36. The van der Waals surface area contributed by atoms with Crippen LogP contribution in [0.3, 0.4) is 0 Å². The molecule has 0 spiro atoms. The molecule has 0 aliphatic rings. The summed E-state index contributed by atoms with van der Waals surface area (Å²) in [7, 11) is 1.56. The van der Waals surface area contributed by atoms with Crippen molar-refractivity contribution < 1.29 is 14.3 Å². The van der Waals surface area contributed by atoms with Crippen LogP contribution in [0.4, 0.5) is 0 Å². The molecule has 2 aromatic carbocycles. The van der Waals surface area contributed by atoms with Crippen molar-refractivity contribution in [3.8, 4) is 22.6 Å². The molecule has 2 rings (SSSR count). The molecule has 0 saturated heterocycles. The molecule has 0 unspecified atom stereocenters. The smallest absolute Gasteiger partial charge is 0.168 e. The van der Waals surface area contributed by atoms with Gasteiger partial charge >= 0.3 is 0 Å². The first-order chi connectivity index (χ1) is 10.1. The molecular weight excluding hydrogens is 311 g/mol. The fourth-order valence-corrected chi connectivity index (χ4v) is 2.34. The third-order valence-electron chi connectivity index (χ3n) is 2.95. The number of methoxy groups -OCH3 is 1. The van der Waals surface area contributed by atoms with Gasteiger partial charge < -0.3 is 9.47 Å². The minimum Gasteiger partial charge on any atom is -0.492 e. The topological polar surface area (TPSA) is 35.5 Å². The molecule has 0 heterocycles. The maximum atomic E-state index is 11.1. The van der Waals surface area contributed by atoms with Crippen molar-refractivity contribution in [1.29, 1.82) is 0 Å². The van der Waals surface area contributed by atoms with Gasteiger partial charge in [-0.3, -0.25) is 4.79 Å². The highest BCUT2D eigenvalue weighted by Gasteiger charge is 2.15. The van der Waals surface area contributed by atoms with Crippen molar-refractivity contribution >= 4 is 29.5 Å². The lowest BCUT2D eigenvalue weighted by molar-refractivity contribution is 0.112. The largest absolute Gasteiger partial charge is 0.492 e. The first-order valence-corrected chi connectivity index (χ1v) is 7.11. The Morgan fingerprint density at radius 1 is 1.14 bits per heavy atom. The van der Waals surface area contributed by atoms with Crippen molar-refractivity contribution in [2.24, 2.45) is 0 Å². The Balaban J connectivity index is 2.67. The number of aldehydes is 1. The SMILES string of the molecule is CCOc1cc(C=O)cc(-c2ccc(Cl)c(Cl)c2)c1OC. The number of rotatable bonds is 5. The van der Waals surface area contributed by atoms with Crippen LogP contribution in [0.1, 0.15) is 17.3 Å². The number of halogens is 2. The third-order valence-corrected chi connectivity index (χ3v) is 3.69. The third kappa shape index (κ3) is 3.31. The quantitative estimate of drug-likeness (QED) is 0.735.